The maximum atomic E-state index is 12.9. The predicted molar refractivity (Wildman–Crippen MR) is 123 cm³/mol. The Bertz CT molecular complexity index is 706. The van der Waals surface area contributed by atoms with Crippen LogP contribution in [-0.2, 0) is 19.5 Å². The Kier molecular flexibility index (Phi) is 9.02. The number of aliphatic hydroxyl groups excluding tert-OH is 2. The van der Waals surface area contributed by atoms with Gasteiger partial charge >= 0.3 is 0 Å². The first kappa shape index (κ1) is 25.7. The van der Waals surface area contributed by atoms with Gasteiger partial charge in [-0.25, -0.2) is 13.1 Å². The maximum Gasteiger partial charge on any atom is 0.214 e. The number of aliphatic hydroxyl groups is 2. The first-order valence-corrected chi connectivity index (χ1v) is 14.2. The highest BCUT2D eigenvalue weighted by atomic mass is 32.2. The number of piperidine rings is 1. The minimum atomic E-state index is -3.48. The summed E-state index contributed by atoms with van der Waals surface area (Å²) in [4.78, 5) is 4.75. The molecule has 0 aromatic carbocycles. The van der Waals surface area contributed by atoms with Gasteiger partial charge in [0.05, 0.1) is 36.7 Å². The van der Waals surface area contributed by atoms with E-state index >= 15 is 0 Å². The van der Waals surface area contributed by atoms with Crippen LogP contribution in [0.1, 0.15) is 44.9 Å². The molecule has 5 N–H and O–H groups in total. The molecule has 10 nitrogen and oxygen atoms in total. The molecule has 1 aliphatic carbocycles. The van der Waals surface area contributed by atoms with E-state index in [0.29, 0.717) is 19.0 Å². The molecule has 5 atom stereocenters. The molecule has 11 heteroatoms. The van der Waals surface area contributed by atoms with Crippen LogP contribution in [-0.4, -0.2) is 123 Å². The fourth-order valence-electron chi connectivity index (χ4n) is 6.12. The Morgan fingerprint density at radius 3 is 2.33 bits per heavy atom. The highest BCUT2D eigenvalue weighted by Crippen LogP contribution is 2.29. The summed E-state index contributed by atoms with van der Waals surface area (Å²) in [5, 5.41) is 22.6. The summed E-state index contributed by atoms with van der Waals surface area (Å²) in [5.41, 5.74) is 0. The molecule has 0 aromatic heterocycles. The molecule has 1 unspecified atom stereocenters. The molecule has 3 aliphatic heterocycles. The van der Waals surface area contributed by atoms with Gasteiger partial charge in [0, 0.05) is 46.3 Å². The van der Waals surface area contributed by atoms with Crippen LogP contribution in [0.2, 0.25) is 0 Å². The van der Waals surface area contributed by atoms with Crippen LogP contribution in [0, 0.1) is 0 Å². The van der Waals surface area contributed by atoms with Crippen molar-refractivity contribution in [3.8, 4) is 0 Å². The van der Waals surface area contributed by atoms with Crippen LogP contribution in [0.25, 0.3) is 0 Å². The Labute approximate surface area is 198 Å². The zero-order valence-electron chi connectivity index (χ0n) is 19.8. The van der Waals surface area contributed by atoms with Crippen molar-refractivity contribution in [1.29, 1.82) is 0 Å². The molecule has 3 heterocycles. The van der Waals surface area contributed by atoms with Gasteiger partial charge in [-0.2, -0.15) is 0 Å². The zero-order valence-corrected chi connectivity index (χ0v) is 20.7. The molecular formula is C22H43N4O6S+. The largest absolute Gasteiger partial charge is 0.394 e. The molecule has 0 aromatic rings. The number of piperazine rings is 1. The number of methoxy groups -OCH3 is 1. The number of nitrogens with two attached hydrogens (primary N) is 1. The van der Waals surface area contributed by atoms with Crippen molar-refractivity contribution in [1.82, 2.24) is 14.5 Å². The summed E-state index contributed by atoms with van der Waals surface area (Å²) in [6.45, 7) is 4.48. The van der Waals surface area contributed by atoms with E-state index in [4.69, 9.17) is 9.47 Å². The lowest BCUT2D eigenvalue weighted by molar-refractivity contribution is -0.717. The lowest BCUT2D eigenvalue weighted by Gasteiger charge is -2.42. The van der Waals surface area contributed by atoms with Crippen molar-refractivity contribution in [3.05, 3.63) is 0 Å². The molecular weight excluding hydrogens is 448 g/mol. The number of nitrogens with zero attached hydrogens (tertiary/aromatic N) is 2. The van der Waals surface area contributed by atoms with Crippen LogP contribution >= 0.6 is 0 Å². The van der Waals surface area contributed by atoms with Gasteiger partial charge in [0.25, 0.3) is 0 Å². The van der Waals surface area contributed by atoms with Gasteiger partial charge in [0.1, 0.15) is 18.4 Å². The fourth-order valence-corrected chi connectivity index (χ4v) is 7.64. The number of hydrogen-bond donors (Lipinski definition) is 4. The van der Waals surface area contributed by atoms with Crippen molar-refractivity contribution >= 4 is 10.0 Å². The first-order valence-electron chi connectivity index (χ1n) is 12.7. The molecule has 0 radical (unpaired) electrons. The van der Waals surface area contributed by atoms with Gasteiger partial charge in [0.2, 0.25) is 10.0 Å². The smallest absolute Gasteiger partial charge is 0.214 e. The van der Waals surface area contributed by atoms with E-state index < -0.39 is 33.6 Å². The maximum absolute atomic E-state index is 12.9. The Balaban J connectivity index is 1.33. The molecule has 4 aliphatic rings. The molecule has 4 rings (SSSR count). The molecule has 3 saturated heterocycles. The van der Waals surface area contributed by atoms with Gasteiger partial charge < -0.3 is 25.0 Å². The van der Waals surface area contributed by atoms with E-state index in [2.05, 4.69) is 19.8 Å². The predicted octanol–water partition coefficient (Wildman–Crippen LogP) is -1.96. The minimum Gasteiger partial charge on any atom is -0.394 e. The Morgan fingerprint density at radius 2 is 1.73 bits per heavy atom. The summed E-state index contributed by atoms with van der Waals surface area (Å²) in [6.07, 6.45) is 5.14. The van der Waals surface area contributed by atoms with Crippen LogP contribution in [0.4, 0.5) is 0 Å². The first-order chi connectivity index (χ1) is 15.9. The van der Waals surface area contributed by atoms with Gasteiger partial charge in [-0.05, 0) is 38.5 Å². The summed E-state index contributed by atoms with van der Waals surface area (Å²) < 4.78 is 39.9. The molecule has 0 amide bonds. The third-order valence-electron chi connectivity index (χ3n) is 8.15. The van der Waals surface area contributed by atoms with Gasteiger partial charge in [-0.1, -0.05) is 0 Å². The van der Waals surface area contributed by atoms with E-state index in [1.807, 2.05) is 0 Å². The SMILES string of the molecule is COC1CCC(S(=O)(=O)NC[C@@H]2O[C@@H](CO)[C@@H](O)[C@H]2N2CCN(C3CCCC[NH2+]3)CC2)CC1. The molecule has 0 spiro atoms. The molecule has 1 saturated carbocycles. The summed E-state index contributed by atoms with van der Waals surface area (Å²) in [7, 11) is -1.81. The van der Waals surface area contributed by atoms with Crippen molar-refractivity contribution in [2.24, 2.45) is 0 Å². The number of rotatable bonds is 8. The Morgan fingerprint density at radius 1 is 1.03 bits per heavy atom. The average Bonchev–Trinajstić information content (AvgIpc) is 3.18. The van der Waals surface area contributed by atoms with Crippen LogP contribution < -0.4 is 10.0 Å². The number of quaternary nitrogens is 1. The Hall–Kier alpha value is -0.370. The van der Waals surface area contributed by atoms with Gasteiger partial charge in [-0.15, -0.1) is 0 Å². The highest BCUT2D eigenvalue weighted by molar-refractivity contribution is 7.90. The molecule has 33 heavy (non-hydrogen) atoms. The third-order valence-corrected chi connectivity index (χ3v) is 10.1. The van der Waals surface area contributed by atoms with E-state index in [0.717, 1.165) is 39.0 Å². The number of nitrogens with one attached hydrogen (secondary N) is 1. The van der Waals surface area contributed by atoms with Crippen molar-refractivity contribution < 1.29 is 33.4 Å². The van der Waals surface area contributed by atoms with Gasteiger partial charge in [0.15, 0.2) is 0 Å². The monoisotopic (exact) mass is 491 g/mol. The van der Waals surface area contributed by atoms with E-state index in [1.54, 1.807) is 7.11 Å². The zero-order chi connectivity index (χ0) is 23.4. The molecule has 0 bridgehead atoms. The second kappa shape index (κ2) is 11.6. The second-order valence-corrected chi connectivity index (χ2v) is 12.1. The van der Waals surface area contributed by atoms with Crippen molar-refractivity contribution in [2.45, 2.75) is 86.8 Å². The topological polar surface area (TPSA) is 128 Å². The van der Waals surface area contributed by atoms with Crippen LogP contribution in [0.5, 0.6) is 0 Å². The summed E-state index contributed by atoms with van der Waals surface area (Å²) in [6, 6.07) is -0.327. The van der Waals surface area contributed by atoms with Crippen molar-refractivity contribution in [3.63, 3.8) is 0 Å². The number of ether oxygens (including phenoxy) is 2. The van der Waals surface area contributed by atoms with Gasteiger partial charge in [-0.3, -0.25) is 9.80 Å². The molecule has 4 fully saturated rings. The number of sulfonamides is 1. The van der Waals surface area contributed by atoms with E-state index in [9.17, 15) is 18.6 Å². The normalized spacial score (nSPS) is 39.7. The summed E-state index contributed by atoms with van der Waals surface area (Å²) in [5.74, 6) is 0. The average molecular weight is 492 g/mol. The second-order valence-electron chi connectivity index (χ2n) is 10.1. The fraction of sp³-hybridized carbons (Fsp3) is 1.00. The lowest BCUT2D eigenvalue weighted by atomic mass is 9.97. The standard InChI is InChI=1S/C22H42N4O6S/c1-31-16-5-7-17(8-6-16)33(29,30)24-14-18-21(22(28)19(15-27)32-18)26-12-10-25(11-13-26)20-4-2-3-9-23-20/h16-24,27-28H,2-15H2,1H3/p+1/t16?,17?,18-,19-,20?,21-,22+/m0/s1. The van der Waals surface area contributed by atoms with Crippen molar-refractivity contribution in [2.75, 3.05) is 53.0 Å². The molecule has 192 valence electrons. The summed E-state index contributed by atoms with van der Waals surface area (Å²) >= 11 is 0. The number of hydrogen-bond acceptors (Lipinski definition) is 8. The van der Waals surface area contributed by atoms with Crippen LogP contribution in [0.15, 0.2) is 0 Å². The van der Waals surface area contributed by atoms with E-state index in [1.165, 1.54) is 25.8 Å². The van der Waals surface area contributed by atoms with Crippen LogP contribution in [0.3, 0.4) is 0 Å². The quantitative estimate of drug-likeness (QED) is 0.308. The highest BCUT2D eigenvalue weighted by Gasteiger charge is 2.47. The third kappa shape index (κ3) is 6.07. The minimum absolute atomic E-state index is 0.112. The lowest BCUT2D eigenvalue weighted by Crippen LogP contribution is -2.95. The van der Waals surface area contributed by atoms with E-state index in [-0.39, 0.29) is 25.3 Å².